The molecule has 10 nitrogen and oxygen atoms in total. The number of thioether (sulfide) groups is 1. The van der Waals surface area contributed by atoms with Crippen molar-refractivity contribution in [3.8, 4) is 17.2 Å². The molecule has 0 saturated carbocycles. The zero-order valence-electron chi connectivity index (χ0n) is 16.8. The van der Waals surface area contributed by atoms with Gasteiger partial charge in [-0.05, 0) is 34.7 Å². The van der Waals surface area contributed by atoms with Gasteiger partial charge >= 0.3 is 5.97 Å². The molecule has 3 rings (SSSR count). The lowest BCUT2D eigenvalue weighted by atomic mass is 10.1. The van der Waals surface area contributed by atoms with E-state index in [9.17, 15) is 9.59 Å². The molecule has 0 aliphatic carbocycles. The molecule has 0 aliphatic rings. The summed E-state index contributed by atoms with van der Waals surface area (Å²) in [6, 6.07) is 9.88. The van der Waals surface area contributed by atoms with Crippen molar-refractivity contribution in [2.24, 2.45) is 0 Å². The van der Waals surface area contributed by atoms with Gasteiger partial charge in [0.2, 0.25) is 11.1 Å². The quantitative estimate of drug-likeness (QED) is 0.397. The Labute approximate surface area is 186 Å². The first-order chi connectivity index (χ1) is 15.0. The number of hydrogen-bond donors (Lipinski definition) is 1. The molecule has 0 radical (unpaired) electrons. The minimum atomic E-state index is -0.629. The van der Waals surface area contributed by atoms with Crippen molar-refractivity contribution in [1.29, 1.82) is 0 Å². The summed E-state index contributed by atoms with van der Waals surface area (Å²) in [4.78, 5) is 24.7. The van der Waals surface area contributed by atoms with E-state index in [1.165, 1.54) is 38.1 Å². The number of amides is 1. The number of rotatable bonds is 8. The first-order valence-electron chi connectivity index (χ1n) is 8.78. The Morgan fingerprint density at radius 1 is 1.10 bits per heavy atom. The number of carbonyl (C=O) groups excluding carboxylic acids is 2. The average Bonchev–Trinajstić information content (AvgIpc) is 3.26. The molecule has 3 aromatic rings. The van der Waals surface area contributed by atoms with E-state index in [4.69, 9.17) is 25.8 Å². The van der Waals surface area contributed by atoms with Gasteiger partial charge in [-0.1, -0.05) is 23.4 Å². The highest BCUT2D eigenvalue weighted by atomic mass is 35.5. The van der Waals surface area contributed by atoms with Crippen LogP contribution in [-0.4, -0.2) is 59.2 Å². The lowest BCUT2D eigenvalue weighted by Gasteiger charge is -2.14. The second-order valence-electron chi connectivity index (χ2n) is 5.93. The van der Waals surface area contributed by atoms with Gasteiger partial charge in [-0.2, -0.15) is 4.68 Å². The summed E-state index contributed by atoms with van der Waals surface area (Å²) in [6.45, 7) is 0. The molecule has 12 heteroatoms. The van der Waals surface area contributed by atoms with Crippen molar-refractivity contribution in [2.45, 2.75) is 5.16 Å². The summed E-state index contributed by atoms with van der Waals surface area (Å²) in [6.07, 6.45) is 0. The van der Waals surface area contributed by atoms with E-state index in [1.54, 1.807) is 24.3 Å². The fourth-order valence-electron chi connectivity index (χ4n) is 2.59. The fourth-order valence-corrected chi connectivity index (χ4v) is 3.41. The van der Waals surface area contributed by atoms with E-state index < -0.39 is 5.97 Å². The fraction of sp³-hybridized carbons (Fsp3) is 0.211. The highest BCUT2D eigenvalue weighted by molar-refractivity contribution is 7.99. The minimum Gasteiger partial charge on any atom is -0.493 e. The van der Waals surface area contributed by atoms with Crippen LogP contribution in [0.5, 0.6) is 11.5 Å². The average molecular weight is 464 g/mol. The van der Waals surface area contributed by atoms with E-state index in [1.807, 2.05) is 0 Å². The molecule has 0 aliphatic heterocycles. The predicted octanol–water partition coefficient (Wildman–Crippen LogP) is 2.85. The largest absolute Gasteiger partial charge is 0.493 e. The maximum absolute atomic E-state index is 12.6. The Balaban J connectivity index is 1.75. The van der Waals surface area contributed by atoms with E-state index in [-0.39, 0.29) is 22.9 Å². The SMILES string of the molecule is COC(=O)c1cc(OC)c(OC)cc1NC(=O)CSc1nnnn1-c1ccc(Cl)cc1. The minimum absolute atomic E-state index is 0.0110. The van der Waals surface area contributed by atoms with Gasteiger partial charge in [0.05, 0.1) is 44.0 Å². The number of esters is 1. The first kappa shape index (κ1) is 22.4. The van der Waals surface area contributed by atoms with Gasteiger partial charge in [0.15, 0.2) is 11.5 Å². The van der Waals surface area contributed by atoms with Crippen LogP contribution in [0, 0.1) is 0 Å². The number of methoxy groups -OCH3 is 3. The second kappa shape index (κ2) is 10.1. The molecule has 0 atom stereocenters. The number of anilines is 1. The van der Waals surface area contributed by atoms with E-state index >= 15 is 0 Å². The lowest BCUT2D eigenvalue weighted by molar-refractivity contribution is -0.113. The number of nitrogens with one attached hydrogen (secondary N) is 1. The van der Waals surface area contributed by atoms with Crippen LogP contribution in [-0.2, 0) is 9.53 Å². The molecule has 1 aromatic heterocycles. The summed E-state index contributed by atoms with van der Waals surface area (Å²) in [5, 5.41) is 15.2. The standard InChI is InChI=1S/C19H18ClN5O5S/c1-28-15-8-13(18(27)30-3)14(9-16(15)29-2)21-17(26)10-31-19-22-23-24-25(19)12-6-4-11(20)5-7-12/h4-9H,10H2,1-3H3,(H,21,26). The molecular weight excluding hydrogens is 446 g/mol. The zero-order chi connectivity index (χ0) is 22.4. The number of hydrogen-bond acceptors (Lipinski definition) is 9. The van der Waals surface area contributed by atoms with Crippen molar-refractivity contribution >= 4 is 40.9 Å². The van der Waals surface area contributed by atoms with Gasteiger partial charge in [-0.15, -0.1) is 5.10 Å². The topological polar surface area (TPSA) is 117 Å². The normalized spacial score (nSPS) is 10.5. The number of nitrogens with zero attached hydrogens (tertiary/aromatic N) is 4. The summed E-state index contributed by atoms with van der Waals surface area (Å²) < 4.78 is 16.7. The van der Waals surface area contributed by atoms with Crippen molar-refractivity contribution in [2.75, 3.05) is 32.4 Å². The smallest absolute Gasteiger partial charge is 0.340 e. The Kier molecular flexibility index (Phi) is 7.32. The number of benzene rings is 2. The molecule has 2 aromatic carbocycles. The van der Waals surface area contributed by atoms with Crippen LogP contribution < -0.4 is 14.8 Å². The van der Waals surface area contributed by atoms with Crippen LogP contribution in [0.25, 0.3) is 5.69 Å². The maximum Gasteiger partial charge on any atom is 0.340 e. The van der Waals surface area contributed by atoms with Gasteiger partial charge in [0.25, 0.3) is 0 Å². The van der Waals surface area contributed by atoms with Crippen LogP contribution in [0.1, 0.15) is 10.4 Å². The molecule has 1 N–H and O–H groups in total. The van der Waals surface area contributed by atoms with Gasteiger partial charge < -0.3 is 19.5 Å². The third-order valence-electron chi connectivity index (χ3n) is 4.05. The van der Waals surface area contributed by atoms with E-state index in [0.29, 0.717) is 27.4 Å². The molecule has 1 heterocycles. The number of carbonyl (C=O) groups is 2. The van der Waals surface area contributed by atoms with E-state index in [0.717, 1.165) is 11.8 Å². The monoisotopic (exact) mass is 463 g/mol. The molecular formula is C19H18ClN5O5S. The molecule has 0 spiro atoms. The molecule has 31 heavy (non-hydrogen) atoms. The van der Waals surface area contributed by atoms with Gasteiger partial charge in [0.1, 0.15) is 0 Å². The predicted molar refractivity (Wildman–Crippen MR) is 114 cm³/mol. The Hall–Kier alpha value is -3.31. The Bertz CT molecular complexity index is 1090. The molecule has 0 saturated heterocycles. The van der Waals surface area contributed by atoms with Gasteiger partial charge in [-0.25, -0.2) is 4.79 Å². The zero-order valence-corrected chi connectivity index (χ0v) is 18.4. The van der Waals surface area contributed by atoms with Crippen molar-refractivity contribution in [3.63, 3.8) is 0 Å². The Morgan fingerprint density at radius 3 is 2.42 bits per heavy atom. The third kappa shape index (κ3) is 5.25. The van der Waals surface area contributed by atoms with Gasteiger partial charge in [0, 0.05) is 17.2 Å². The number of halogens is 1. The third-order valence-corrected chi connectivity index (χ3v) is 5.22. The summed E-state index contributed by atoms with van der Waals surface area (Å²) in [7, 11) is 4.14. The highest BCUT2D eigenvalue weighted by Gasteiger charge is 2.20. The van der Waals surface area contributed by atoms with Crippen molar-refractivity contribution in [3.05, 3.63) is 47.0 Å². The maximum atomic E-state index is 12.6. The van der Waals surface area contributed by atoms with Crippen LogP contribution in [0.15, 0.2) is 41.6 Å². The molecule has 1 amide bonds. The lowest BCUT2D eigenvalue weighted by Crippen LogP contribution is -2.18. The highest BCUT2D eigenvalue weighted by Crippen LogP contribution is 2.34. The van der Waals surface area contributed by atoms with Crippen LogP contribution in [0.4, 0.5) is 5.69 Å². The summed E-state index contributed by atoms with van der Waals surface area (Å²) in [5.41, 5.74) is 1.06. The van der Waals surface area contributed by atoms with Gasteiger partial charge in [-0.3, -0.25) is 4.79 Å². The van der Waals surface area contributed by atoms with E-state index in [2.05, 4.69) is 20.8 Å². The second-order valence-corrected chi connectivity index (χ2v) is 7.31. The summed E-state index contributed by atoms with van der Waals surface area (Å²) in [5.74, 6) is -0.339. The molecule has 0 unspecified atom stereocenters. The Morgan fingerprint density at radius 2 is 1.77 bits per heavy atom. The van der Waals surface area contributed by atoms with Crippen LogP contribution in [0.2, 0.25) is 5.02 Å². The van der Waals surface area contributed by atoms with Crippen LogP contribution in [0.3, 0.4) is 0 Å². The van der Waals surface area contributed by atoms with Crippen LogP contribution >= 0.6 is 23.4 Å². The molecule has 0 bridgehead atoms. The van der Waals surface area contributed by atoms with Crippen molar-refractivity contribution in [1.82, 2.24) is 20.2 Å². The number of tetrazole rings is 1. The molecule has 162 valence electrons. The summed E-state index contributed by atoms with van der Waals surface area (Å²) >= 11 is 7.04. The first-order valence-corrected chi connectivity index (χ1v) is 10.1. The molecule has 0 fully saturated rings. The number of aromatic nitrogens is 4. The number of ether oxygens (including phenoxy) is 3. The van der Waals surface area contributed by atoms with Crippen molar-refractivity contribution < 1.29 is 23.8 Å².